The molecule has 0 amide bonds. The highest BCUT2D eigenvalue weighted by Crippen LogP contribution is 2.28. The van der Waals surface area contributed by atoms with Crippen LogP contribution >= 0.6 is 23.4 Å². The fourth-order valence-corrected chi connectivity index (χ4v) is 3.48. The van der Waals surface area contributed by atoms with Gasteiger partial charge in [-0.1, -0.05) is 47.6 Å². The first-order valence-corrected chi connectivity index (χ1v) is 9.37. The van der Waals surface area contributed by atoms with Crippen molar-refractivity contribution in [2.75, 3.05) is 12.4 Å². The van der Waals surface area contributed by atoms with E-state index in [4.69, 9.17) is 16.0 Å². The second-order valence-electron chi connectivity index (χ2n) is 5.54. The van der Waals surface area contributed by atoms with Crippen LogP contribution in [0.1, 0.15) is 5.89 Å². The van der Waals surface area contributed by atoms with E-state index in [9.17, 15) is 0 Å². The van der Waals surface area contributed by atoms with Gasteiger partial charge in [-0.3, -0.25) is 0 Å². The summed E-state index contributed by atoms with van der Waals surface area (Å²) in [5.74, 6) is 2.67. The van der Waals surface area contributed by atoms with E-state index in [1.165, 1.54) is 11.8 Å². The Bertz CT molecular complexity index is 1070. The summed E-state index contributed by atoms with van der Waals surface area (Å²) >= 11 is 7.52. The third-order valence-corrected chi connectivity index (χ3v) is 4.87. The molecule has 130 valence electrons. The first-order chi connectivity index (χ1) is 12.7. The van der Waals surface area contributed by atoms with Gasteiger partial charge in [0, 0.05) is 23.0 Å². The van der Waals surface area contributed by atoms with Gasteiger partial charge in [-0.05, 0) is 24.3 Å². The van der Waals surface area contributed by atoms with E-state index in [0.29, 0.717) is 27.6 Å². The summed E-state index contributed by atoms with van der Waals surface area (Å²) in [6.07, 6.45) is 1.71. The van der Waals surface area contributed by atoms with Crippen molar-refractivity contribution in [1.82, 2.24) is 15.0 Å². The average Bonchev–Trinajstić information content (AvgIpc) is 3.15. The van der Waals surface area contributed by atoms with E-state index in [0.717, 1.165) is 22.3 Å². The molecule has 0 aliphatic heterocycles. The van der Waals surface area contributed by atoms with Crippen molar-refractivity contribution in [3.8, 4) is 11.3 Å². The van der Waals surface area contributed by atoms with Gasteiger partial charge in [0.1, 0.15) is 5.82 Å². The monoisotopic (exact) mass is 382 g/mol. The largest absolute Gasteiger partial charge is 0.440 e. The number of anilines is 1. The third kappa shape index (κ3) is 3.52. The Morgan fingerprint density at radius 2 is 2.00 bits per heavy atom. The molecule has 0 aliphatic rings. The number of aromatic nitrogens is 3. The van der Waals surface area contributed by atoms with Crippen LogP contribution < -0.4 is 5.32 Å². The van der Waals surface area contributed by atoms with Gasteiger partial charge in [0.15, 0.2) is 10.9 Å². The Hall–Kier alpha value is -2.57. The lowest BCUT2D eigenvalue weighted by atomic mass is 10.2. The predicted molar refractivity (Wildman–Crippen MR) is 106 cm³/mol. The number of fused-ring (bicyclic) bond motifs is 1. The lowest BCUT2D eigenvalue weighted by Crippen LogP contribution is -1.98. The number of para-hydroxylation sites is 1. The summed E-state index contributed by atoms with van der Waals surface area (Å²) in [4.78, 5) is 13.5. The molecule has 0 unspecified atom stereocenters. The van der Waals surface area contributed by atoms with E-state index in [2.05, 4.69) is 20.3 Å². The van der Waals surface area contributed by atoms with Gasteiger partial charge < -0.3 is 9.73 Å². The molecular weight excluding hydrogens is 368 g/mol. The molecule has 0 atom stereocenters. The molecule has 1 N–H and O–H groups in total. The Morgan fingerprint density at radius 1 is 1.12 bits per heavy atom. The van der Waals surface area contributed by atoms with Crippen molar-refractivity contribution in [1.29, 1.82) is 0 Å². The SMILES string of the molecule is CNc1nc(SCc2ncc(-c3cccc(Cl)c3)o2)nc2ccccc12. The highest BCUT2D eigenvalue weighted by molar-refractivity contribution is 7.98. The molecule has 4 aromatic rings. The normalized spacial score (nSPS) is 11.0. The molecule has 0 fully saturated rings. The van der Waals surface area contributed by atoms with Crippen molar-refractivity contribution in [3.63, 3.8) is 0 Å². The summed E-state index contributed by atoms with van der Waals surface area (Å²) < 4.78 is 5.83. The van der Waals surface area contributed by atoms with Crippen LogP contribution in [0.5, 0.6) is 0 Å². The van der Waals surface area contributed by atoms with Gasteiger partial charge in [0.05, 0.1) is 17.5 Å². The topological polar surface area (TPSA) is 63.8 Å². The number of thioether (sulfide) groups is 1. The molecule has 0 aliphatic carbocycles. The van der Waals surface area contributed by atoms with Crippen LogP contribution in [0.2, 0.25) is 5.02 Å². The van der Waals surface area contributed by atoms with Gasteiger partial charge in [0.2, 0.25) is 5.89 Å². The summed E-state index contributed by atoms with van der Waals surface area (Å²) in [6, 6.07) is 15.4. The van der Waals surface area contributed by atoms with Crippen LogP contribution in [0.4, 0.5) is 5.82 Å². The Labute approximate surface area is 159 Å². The number of oxazole rings is 1. The molecule has 26 heavy (non-hydrogen) atoms. The Balaban J connectivity index is 1.54. The minimum Gasteiger partial charge on any atom is -0.440 e. The zero-order valence-electron chi connectivity index (χ0n) is 13.9. The molecule has 0 radical (unpaired) electrons. The standard InChI is InChI=1S/C19H15ClN4OS/c1-21-18-14-7-2-3-8-15(14)23-19(24-18)26-11-17-22-10-16(25-17)12-5-4-6-13(20)9-12/h2-10H,11H2,1H3,(H,21,23,24). The first-order valence-electron chi connectivity index (χ1n) is 8.01. The van der Waals surface area contributed by atoms with Gasteiger partial charge in [0.25, 0.3) is 0 Å². The lowest BCUT2D eigenvalue weighted by molar-refractivity contribution is 0.530. The van der Waals surface area contributed by atoms with E-state index in [1.54, 1.807) is 6.20 Å². The number of hydrogen-bond donors (Lipinski definition) is 1. The molecule has 0 bridgehead atoms. The van der Waals surface area contributed by atoms with Crippen molar-refractivity contribution in [2.45, 2.75) is 10.9 Å². The fraction of sp³-hybridized carbons (Fsp3) is 0.105. The van der Waals surface area contributed by atoms with Gasteiger partial charge in [-0.15, -0.1) is 0 Å². The zero-order valence-corrected chi connectivity index (χ0v) is 15.5. The van der Waals surface area contributed by atoms with Crippen LogP contribution in [-0.2, 0) is 5.75 Å². The van der Waals surface area contributed by atoms with Crippen molar-refractivity contribution < 1.29 is 4.42 Å². The van der Waals surface area contributed by atoms with Gasteiger partial charge >= 0.3 is 0 Å². The maximum absolute atomic E-state index is 6.03. The van der Waals surface area contributed by atoms with E-state index in [1.807, 2.05) is 55.6 Å². The zero-order chi connectivity index (χ0) is 17.9. The number of benzene rings is 2. The fourth-order valence-electron chi connectivity index (χ4n) is 2.59. The molecule has 5 nitrogen and oxygen atoms in total. The van der Waals surface area contributed by atoms with Crippen LogP contribution in [-0.4, -0.2) is 22.0 Å². The van der Waals surface area contributed by atoms with E-state index < -0.39 is 0 Å². The van der Waals surface area contributed by atoms with Crippen molar-refractivity contribution in [3.05, 3.63) is 65.6 Å². The second-order valence-corrected chi connectivity index (χ2v) is 6.92. The summed E-state index contributed by atoms with van der Waals surface area (Å²) in [5.41, 5.74) is 1.81. The predicted octanol–water partition coefficient (Wildman–Crippen LogP) is 5.27. The molecular formula is C19H15ClN4OS. The maximum Gasteiger partial charge on any atom is 0.205 e. The van der Waals surface area contributed by atoms with E-state index >= 15 is 0 Å². The van der Waals surface area contributed by atoms with E-state index in [-0.39, 0.29) is 0 Å². The highest BCUT2D eigenvalue weighted by atomic mass is 35.5. The first kappa shape index (κ1) is 16.9. The van der Waals surface area contributed by atoms with Crippen LogP contribution in [0.25, 0.3) is 22.2 Å². The lowest BCUT2D eigenvalue weighted by Gasteiger charge is -2.06. The molecule has 7 heteroatoms. The number of rotatable bonds is 5. The Kier molecular flexibility index (Phi) is 4.77. The number of nitrogens with zero attached hydrogens (tertiary/aromatic N) is 3. The number of nitrogens with one attached hydrogen (secondary N) is 1. The molecule has 0 spiro atoms. The molecule has 2 aromatic carbocycles. The van der Waals surface area contributed by atoms with Crippen molar-refractivity contribution >= 4 is 40.1 Å². The van der Waals surface area contributed by atoms with Crippen LogP contribution in [0, 0.1) is 0 Å². The van der Waals surface area contributed by atoms with Crippen molar-refractivity contribution in [2.24, 2.45) is 0 Å². The summed E-state index contributed by atoms with van der Waals surface area (Å²) in [6.45, 7) is 0. The summed E-state index contributed by atoms with van der Waals surface area (Å²) in [7, 11) is 1.86. The quantitative estimate of drug-likeness (QED) is 0.374. The molecule has 0 saturated heterocycles. The van der Waals surface area contributed by atoms with Crippen LogP contribution in [0.3, 0.4) is 0 Å². The minimum atomic E-state index is 0.544. The molecule has 2 heterocycles. The highest BCUT2D eigenvalue weighted by Gasteiger charge is 2.10. The third-order valence-electron chi connectivity index (χ3n) is 3.81. The number of hydrogen-bond acceptors (Lipinski definition) is 6. The molecule has 2 aromatic heterocycles. The van der Waals surface area contributed by atoms with Crippen LogP contribution in [0.15, 0.2) is 64.3 Å². The molecule has 4 rings (SSSR count). The van der Waals surface area contributed by atoms with Gasteiger partial charge in [-0.25, -0.2) is 15.0 Å². The number of halogens is 1. The Morgan fingerprint density at radius 3 is 2.85 bits per heavy atom. The van der Waals surface area contributed by atoms with Gasteiger partial charge in [-0.2, -0.15) is 0 Å². The maximum atomic E-state index is 6.03. The smallest absolute Gasteiger partial charge is 0.205 e. The molecule has 0 saturated carbocycles. The second kappa shape index (κ2) is 7.35. The average molecular weight is 383 g/mol. The summed E-state index contributed by atoms with van der Waals surface area (Å²) in [5, 5.41) is 5.46. The minimum absolute atomic E-state index is 0.544.